The van der Waals surface area contributed by atoms with Crippen molar-refractivity contribution in [3.8, 4) is 0 Å². The molecule has 1 N–H and O–H groups in total. The summed E-state index contributed by atoms with van der Waals surface area (Å²) in [6, 6.07) is 13.8. The number of aliphatic hydroxyl groups excluding tert-OH is 1. The Balaban J connectivity index is 1.34. The number of rotatable bonds is 5. The fraction of sp³-hybridized carbons (Fsp3) is 0.190. The summed E-state index contributed by atoms with van der Waals surface area (Å²) in [5.41, 5.74) is 1.34. The monoisotopic (exact) mass is 402 g/mol. The van der Waals surface area contributed by atoms with Crippen LogP contribution in [0.2, 0.25) is 0 Å². The molecule has 1 unspecified atom stereocenters. The van der Waals surface area contributed by atoms with Crippen LogP contribution < -0.4 is 5.56 Å². The molecule has 5 aromatic rings. The van der Waals surface area contributed by atoms with E-state index in [-0.39, 0.29) is 24.4 Å². The Labute approximate surface area is 170 Å². The minimum atomic E-state index is -0.768. The molecule has 0 aliphatic heterocycles. The summed E-state index contributed by atoms with van der Waals surface area (Å²) in [5.74, 6) is 0.634. The smallest absolute Gasteiger partial charge is 0.280 e. The maximum absolute atomic E-state index is 12.6. The van der Waals surface area contributed by atoms with Gasteiger partial charge in [0.25, 0.3) is 5.56 Å². The lowest BCUT2D eigenvalue weighted by atomic mass is 10.0. The molecule has 0 fully saturated rings. The van der Waals surface area contributed by atoms with Crippen LogP contribution in [0.4, 0.5) is 0 Å². The molecule has 150 valence electrons. The Morgan fingerprint density at radius 1 is 1.10 bits per heavy atom. The van der Waals surface area contributed by atoms with Crippen LogP contribution in [-0.4, -0.2) is 34.3 Å². The van der Waals surface area contributed by atoms with Gasteiger partial charge < -0.3 is 14.2 Å². The molecule has 3 heterocycles. The van der Waals surface area contributed by atoms with Crippen molar-refractivity contribution in [2.24, 2.45) is 7.05 Å². The maximum Gasteiger partial charge on any atom is 0.280 e. The Bertz CT molecular complexity index is 1420. The maximum atomic E-state index is 12.6. The van der Waals surface area contributed by atoms with Crippen LogP contribution in [0.15, 0.2) is 64.4 Å². The van der Waals surface area contributed by atoms with Gasteiger partial charge in [0.1, 0.15) is 12.9 Å². The number of imidazole rings is 1. The van der Waals surface area contributed by atoms with Gasteiger partial charge in [0, 0.05) is 13.5 Å². The highest BCUT2D eigenvalue weighted by Gasteiger charge is 2.16. The van der Waals surface area contributed by atoms with Crippen molar-refractivity contribution in [1.82, 2.24) is 29.2 Å². The van der Waals surface area contributed by atoms with Crippen LogP contribution in [0.3, 0.4) is 0 Å². The summed E-state index contributed by atoms with van der Waals surface area (Å²) in [7, 11) is 1.74. The Morgan fingerprint density at radius 2 is 1.90 bits per heavy atom. The number of hydrogen-bond acceptors (Lipinski definition) is 7. The first kappa shape index (κ1) is 18.2. The second kappa shape index (κ2) is 7.20. The standard InChI is InChI=1S/C21H18N6O3/c1-26-11-22-20-19(26)21(29)27(12-23-20)10-18-24-17(25-30-18)9-16(28)15-7-6-13-4-2-3-5-14(13)8-15/h2-8,11-12,16,28H,9-10H2,1H3. The lowest BCUT2D eigenvalue weighted by Gasteiger charge is -2.09. The summed E-state index contributed by atoms with van der Waals surface area (Å²) in [6.45, 7) is 0.0893. The average Bonchev–Trinajstić information content (AvgIpc) is 3.36. The third-order valence-electron chi connectivity index (χ3n) is 5.05. The van der Waals surface area contributed by atoms with E-state index < -0.39 is 6.10 Å². The highest BCUT2D eigenvalue weighted by atomic mass is 16.5. The van der Waals surface area contributed by atoms with E-state index in [4.69, 9.17) is 4.52 Å². The van der Waals surface area contributed by atoms with Crippen molar-refractivity contribution in [3.63, 3.8) is 0 Å². The van der Waals surface area contributed by atoms with Gasteiger partial charge in [-0.15, -0.1) is 0 Å². The molecule has 30 heavy (non-hydrogen) atoms. The molecule has 0 bridgehead atoms. The molecule has 0 saturated carbocycles. The normalized spacial score (nSPS) is 12.6. The number of nitrogens with zero attached hydrogens (tertiary/aromatic N) is 6. The number of hydrogen-bond donors (Lipinski definition) is 1. The van der Waals surface area contributed by atoms with Gasteiger partial charge in [-0.05, 0) is 22.4 Å². The second-order valence-corrected chi connectivity index (χ2v) is 7.14. The molecule has 0 spiro atoms. The number of aryl methyl sites for hydroxylation is 1. The third kappa shape index (κ3) is 3.25. The predicted molar refractivity (Wildman–Crippen MR) is 109 cm³/mol. The minimum absolute atomic E-state index is 0.0893. The van der Waals surface area contributed by atoms with Crippen LogP contribution in [-0.2, 0) is 20.0 Å². The van der Waals surface area contributed by atoms with Gasteiger partial charge in [0.2, 0.25) is 5.89 Å². The summed E-state index contributed by atoms with van der Waals surface area (Å²) >= 11 is 0. The van der Waals surface area contributed by atoms with Gasteiger partial charge in [-0.2, -0.15) is 4.98 Å². The van der Waals surface area contributed by atoms with Gasteiger partial charge in [-0.1, -0.05) is 41.6 Å². The van der Waals surface area contributed by atoms with Crippen LogP contribution in [0, 0.1) is 0 Å². The van der Waals surface area contributed by atoms with Crippen molar-refractivity contribution in [2.75, 3.05) is 0 Å². The number of aliphatic hydroxyl groups is 1. The molecule has 9 heteroatoms. The molecule has 0 aliphatic rings. The van der Waals surface area contributed by atoms with E-state index in [9.17, 15) is 9.90 Å². The highest BCUT2D eigenvalue weighted by Crippen LogP contribution is 2.22. The van der Waals surface area contributed by atoms with E-state index >= 15 is 0 Å². The van der Waals surface area contributed by atoms with Crippen molar-refractivity contribution >= 4 is 21.9 Å². The summed E-state index contributed by atoms with van der Waals surface area (Å²) in [5, 5.41) is 16.7. The van der Waals surface area contributed by atoms with E-state index in [2.05, 4.69) is 20.1 Å². The zero-order valence-electron chi connectivity index (χ0n) is 16.1. The molecular weight excluding hydrogens is 384 g/mol. The largest absolute Gasteiger partial charge is 0.388 e. The lowest BCUT2D eigenvalue weighted by Crippen LogP contribution is -2.22. The van der Waals surface area contributed by atoms with Crippen molar-refractivity contribution in [1.29, 1.82) is 0 Å². The van der Waals surface area contributed by atoms with E-state index in [0.717, 1.165) is 16.3 Å². The number of aromatic nitrogens is 6. The molecule has 1 atom stereocenters. The van der Waals surface area contributed by atoms with E-state index in [1.807, 2.05) is 42.5 Å². The topological polar surface area (TPSA) is 112 Å². The average molecular weight is 402 g/mol. The Kier molecular flexibility index (Phi) is 4.36. The first-order valence-electron chi connectivity index (χ1n) is 9.43. The van der Waals surface area contributed by atoms with Crippen molar-refractivity contribution in [3.05, 3.63) is 82.8 Å². The van der Waals surface area contributed by atoms with Crippen LogP contribution >= 0.6 is 0 Å². The molecule has 9 nitrogen and oxygen atoms in total. The van der Waals surface area contributed by atoms with Gasteiger partial charge in [-0.3, -0.25) is 9.36 Å². The highest BCUT2D eigenvalue weighted by molar-refractivity contribution is 5.83. The zero-order valence-corrected chi connectivity index (χ0v) is 16.1. The van der Waals surface area contributed by atoms with Gasteiger partial charge >= 0.3 is 0 Å². The molecule has 0 radical (unpaired) electrons. The van der Waals surface area contributed by atoms with Crippen LogP contribution in [0.5, 0.6) is 0 Å². The molecule has 2 aromatic carbocycles. The summed E-state index contributed by atoms with van der Waals surface area (Å²) in [4.78, 5) is 25.2. The summed E-state index contributed by atoms with van der Waals surface area (Å²) < 4.78 is 8.29. The molecular formula is C21H18N6O3. The fourth-order valence-electron chi connectivity index (χ4n) is 3.47. The first-order chi connectivity index (χ1) is 14.6. The molecule has 0 amide bonds. The van der Waals surface area contributed by atoms with E-state index in [0.29, 0.717) is 17.0 Å². The van der Waals surface area contributed by atoms with Crippen LogP contribution in [0.1, 0.15) is 23.4 Å². The van der Waals surface area contributed by atoms with Crippen LogP contribution in [0.25, 0.3) is 21.9 Å². The predicted octanol–water partition coefficient (Wildman–Crippen LogP) is 1.99. The second-order valence-electron chi connectivity index (χ2n) is 7.14. The van der Waals surface area contributed by atoms with Crippen molar-refractivity contribution in [2.45, 2.75) is 19.1 Å². The Hall–Kier alpha value is -3.85. The summed E-state index contributed by atoms with van der Waals surface area (Å²) in [6.07, 6.45) is 2.39. The quantitative estimate of drug-likeness (QED) is 0.478. The van der Waals surface area contributed by atoms with Gasteiger partial charge in [0.15, 0.2) is 17.0 Å². The molecule has 0 aliphatic carbocycles. The number of benzene rings is 2. The SMILES string of the molecule is Cn1cnc2ncn(Cc3nc(CC(O)c4ccc5ccccc5c4)no3)c(=O)c21. The third-order valence-corrected chi connectivity index (χ3v) is 5.05. The molecule has 0 saturated heterocycles. The molecule has 5 rings (SSSR count). The lowest BCUT2D eigenvalue weighted by molar-refractivity contribution is 0.174. The Morgan fingerprint density at radius 3 is 2.77 bits per heavy atom. The van der Waals surface area contributed by atoms with E-state index in [1.54, 1.807) is 17.9 Å². The zero-order chi connectivity index (χ0) is 20.7. The minimum Gasteiger partial charge on any atom is -0.388 e. The van der Waals surface area contributed by atoms with Gasteiger partial charge in [-0.25, -0.2) is 9.97 Å². The first-order valence-corrected chi connectivity index (χ1v) is 9.43. The van der Waals surface area contributed by atoms with E-state index in [1.165, 1.54) is 10.9 Å². The fourth-order valence-corrected chi connectivity index (χ4v) is 3.47. The number of fused-ring (bicyclic) bond motifs is 2. The van der Waals surface area contributed by atoms with Gasteiger partial charge in [0.05, 0.1) is 12.4 Å². The van der Waals surface area contributed by atoms with Crippen molar-refractivity contribution < 1.29 is 9.63 Å². The molecule has 3 aromatic heterocycles.